The number of carboxylic acids is 1. The minimum absolute atomic E-state index is 0.00202. The summed E-state index contributed by atoms with van der Waals surface area (Å²) < 4.78 is 43.8. The second-order valence-electron chi connectivity index (χ2n) is 5.88. The summed E-state index contributed by atoms with van der Waals surface area (Å²) in [5.41, 5.74) is 1.44. The van der Waals surface area contributed by atoms with Gasteiger partial charge in [-0.15, -0.1) is 0 Å². The zero-order valence-corrected chi connectivity index (χ0v) is 17.0. The number of oxazole rings is 1. The first-order chi connectivity index (χ1) is 14.0. The summed E-state index contributed by atoms with van der Waals surface area (Å²) in [6.45, 7) is 1.83. The van der Waals surface area contributed by atoms with E-state index in [1.807, 2.05) is 25.1 Å². The minimum Gasteiger partial charge on any atom is -0.483 e. The van der Waals surface area contributed by atoms with Crippen LogP contribution in [0.4, 0.5) is 0 Å². The van der Waals surface area contributed by atoms with Gasteiger partial charge in [-0.1, -0.05) is 17.7 Å². The number of halogens is 1. The van der Waals surface area contributed by atoms with Crippen LogP contribution in [0.2, 0.25) is 5.02 Å². The molecular weight excluding hydrogens is 444 g/mol. The van der Waals surface area contributed by atoms with Crippen molar-refractivity contribution in [2.45, 2.75) is 26.0 Å². The summed E-state index contributed by atoms with van der Waals surface area (Å²) in [5.74, 6) is -1.29. The number of aliphatic carboxylic acids is 1. The van der Waals surface area contributed by atoms with Crippen molar-refractivity contribution >= 4 is 39.1 Å². The number of nitrogens with zero attached hydrogens (tertiary/aromatic N) is 2. The second kappa shape index (κ2) is 9.71. The third-order valence-electron chi connectivity index (χ3n) is 3.68. The molecule has 13 heteroatoms. The van der Waals surface area contributed by atoms with Crippen LogP contribution in [0.3, 0.4) is 0 Å². The lowest BCUT2D eigenvalue weighted by atomic mass is 10.2. The fraction of sp³-hybridized carbons (Fsp3) is 0.235. The van der Waals surface area contributed by atoms with Gasteiger partial charge in [-0.3, -0.25) is 23.5 Å². The molecule has 3 rings (SSSR count). The maximum atomic E-state index is 11.9. The molecule has 3 aromatic rings. The summed E-state index contributed by atoms with van der Waals surface area (Å²) in [4.78, 5) is 26.9. The maximum absolute atomic E-state index is 11.9. The normalized spacial score (nSPS) is 12.1. The smallest absolute Gasteiger partial charge is 0.419 e. The molecule has 0 unspecified atom stereocenters. The van der Waals surface area contributed by atoms with Gasteiger partial charge in [0.05, 0.1) is 22.7 Å². The molecule has 0 aliphatic heterocycles. The van der Waals surface area contributed by atoms with E-state index < -0.39 is 22.1 Å². The zero-order valence-electron chi connectivity index (χ0n) is 15.4. The third-order valence-corrected chi connectivity index (χ3v) is 3.97. The maximum Gasteiger partial charge on any atom is 0.419 e. The number of hydrogen-bond acceptors (Lipinski definition) is 7. The fourth-order valence-electron chi connectivity index (χ4n) is 2.44. The van der Waals surface area contributed by atoms with Crippen molar-refractivity contribution in [3.05, 3.63) is 57.8 Å². The topological polar surface area (TPSA) is 169 Å². The summed E-state index contributed by atoms with van der Waals surface area (Å²) >= 11 is 6.26. The molecule has 162 valence electrons. The Balaban J connectivity index is 0.000000575. The van der Waals surface area contributed by atoms with Crippen molar-refractivity contribution < 1.29 is 36.6 Å². The van der Waals surface area contributed by atoms with Gasteiger partial charge in [0.1, 0.15) is 11.9 Å². The molecule has 30 heavy (non-hydrogen) atoms. The largest absolute Gasteiger partial charge is 0.483 e. The van der Waals surface area contributed by atoms with Crippen LogP contribution in [-0.2, 0) is 21.7 Å². The number of benzene rings is 1. The van der Waals surface area contributed by atoms with Gasteiger partial charge in [-0.25, -0.2) is 4.79 Å². The Morgan fingerprint density at radius 2 is 2.00 bits per heavy atom. The number of pyridine rings is 1. The molecule has 0 amide bonds. The molecule has 0 saturated carbocycles. The Hall–Kier alpha value is -2.93. The van der Waals surface area contributed by atoms with Crippen molar-refractivity contribution in [3.63, 3.8) is 0 Å². The molecule has 1 atom stereocenters. The Bertz CT molecular complexity index is 1180. The van der Waals surface area contributed by atoms with Gasteiger partial charge < -0.3 is 14.3 Å². The van der Waals surface area contributed by atoms with Crippen molar-refractivity contribution in [1.29, 1.82) is 0 Å². The van der Waals surface area contributed by atoms with Crippen LogP contribution in [0.5, 0.6) is 5.75 Å². The molecule has 2 aromatic heterocycles. The molecule has 1 aromatic carbocycles. The number of aromatic nitrogens is 2. The minimum atomic E-state index is -4.67. The highest BCUT2D eigenvalue weighted by Crippen LogP contribution is 2.32. The van der Waals surface area contributed by atoms with Crippen LogP contribution < -0.4 is 10.5 Å². The Morgan fingerprint density at radius 1 is 1.33 bits per heavy atom. The van der Waals surface area contributed by atoms with Crippen molar-refractivity contribution in [3.8, 4) is 5.75 Å². The third kappa shape index (κ3) is 6.84. The Labute approximate surface area is 175 Å². The van der Waals surface area contributed by atoms with Crippen molar-refractivity contribution in [1.82, 2.24) is 9.55 Å². The lowest BCUT2D eigenvalue weighted by Crippen LogP contribution is -2.16. The van der Waals surface area contributed by atoms with Crippen LogP contribution in [0.25, 0.3) is 11.1 Å². The molecule has 0 fully saturated rings. The van der Waals surface area contributed by atoms with Crippen LogP contribution in [0, 0.1) is 0 Å². The Kier molecular flexibility index (Phi) is 7.56. The van der Waals surface area contributed by atoms with E-state index in [4.69, 9.17) is 43.4 Å². The lowest BCUT2D eigenvalue weighted by molar-refractivity contribution is -0.137. The first-order valence-electron chi connectivity index (χ1n) is 8.28. The fourth-order valence-corrected chi connectivity index (χ4v) is 2.64. The van der Waals surface area contributed by atoms with Crippen LogP contribution in [-0.4, -0.2) is 38.2 Å². The standard InChI is InChI=1S/C17H15ClN2O5.H2O4S/c1-10(12-4-2-3-6-19-12)24-14-9-15-13(8-11(14)18)20(17(23)25-15)7-5-16(21)22;1-5(2,3)4/h2-4,6,8-10H,5,7H2,1H3,(H,21,22);(H2,1,2,3,4)/t10-;/m1./s1. The average molecular weight is 461 g/mol. The quantitative estimate of drug-likeness (QED) is 0.464. The van der Waals surface area contributed by atoms with Gasteiger partial charge in [0.25, 0.3) is 0 Å². The number of fused-ring (bicyclic) bond motifs is 1. The number of carbonyl (C=O) groups is 1. The van der Waals surface area contributed by atoms with Gasteiger partial charge >= 0.3 is 22.1 Å². The van der Waals surface area contributed by atoms with Gasteiger partial charge in [0.15, 0.2) is 5.58 Å². The number of rotatable bonds is 6. The number of hydrogen-bond donors (Lipinski definition) is 3. The average Bonchev–Trinajstić information content (AvgIpc) is 2.93. The molecule has 0 aliphatic rings. The molecule has 0 aliphatic carbocycles. The molecule has 3 N–H and O–H groups in total. The van der Waals surface area contributed by atoms with E-state index in [9.17, 15) is 9.59 Å². The zero-order chi connectivity index (χ0) is 22.5. The lowest BCUT2D eigenvalue weighted by Gasteiger charge is -2.15. The molecular formula is C17H17ClN2O9S. The van der Waals surface area contributed by atoms with E-state index in [1.54, 1.807) is 6.20 Å². The molecule has 0 radical (unpaired) electrons. The summed E-state index contributed by atoms with van der Waals surface area (Å²) in [5, 5.41) is 9.08. The van der Waals surface area contributed by atoms with Gasteiger partial charge in [0.2, 0.25) is 0 Å². The monoisotopic (exact) mass is 460 g/mol. The van der Waals surface area contributed by atoms with E-state index in [-0.39, 0.29) is 24.7 Å². The van der Waals surface area contributed by atoms with Crippen molar-refractivity contribution in [2.24, 2.45) is 0 Å². The van der Waals surface area contributed by atoms with Gasteiger partial charge in [0, 0.05) is 18.8 Å². The van der Waals surface area contributed by atoms with Crippen LogP contribution in [0.15, 0.2) is 45.7 Å². The van der Waals surface area contributed by atoms with Crippen LogP contribution >= 0.6 is 11.6 Å². The van der Waals surface area contributed by atoms with Gasteiger partial charge in [-0.2, -0.15) is 8.42 Å². The SMILES string of the molecule is C[C@@H](Oc1cc2oc(=O)n(CCC(=O)O)c2cc1Cl)c1ccccn1.O=S(=O)(O)O. The molecule has 11 nitrogen and oxygen atoms in total. The van der Waals surface area contributed by atoms with Crippen molar-refractivity contribution in [2.75, 3.05) is 0 Å². The van der Waals surface area contributed by atoms with E-state index in [0.717, 1.165) is 5.69 Å². The van der Waals surface area contributed by atoms with E-state index in [2.05, 4.69) is 4.98 Å². The van der Waals surface area contributed by atoms with E-state index >= 15 is 0 Å². The summed E-state index contributed by atoms with van der Waals surface area (Å²) in [6, 6.07) is 8.55. The van der Waals surface area contributed by atoms with Crippen LogP contribution in [0.1, 0.15) is 25.1 Å². The summed E-state index contributed by atoms with van der Waals surface area (Å²) in [6.07, 6.45) is 1.12. The number of ether oxygens (including phenoxy) is 1. The predicted octanol–water partition coefficient (Wildman–Crippen LogP) is 2.60. The summed E-state index contributed by atoms with van der Waals surface area (Å²) in [7, 11) is -4.67. The Morgan fingerprint density at radius 3 is 2.57 bits per heavy atom. The molecule has 0 bridgehead atoms. The number of carboxylic acid groups (broad SMARTS) is 1. The van der Waals surface area contributed by atoms with Gasteiger partial charge in [-0.05, 0) is 25.1 Å². The highest BCUT2D eigenvalue weighted by molar-refractivity contribution is 7.79. The second-order valence-corrected chi connectivity index (χ2v) is 7.18. The highest BCUT2D eigenvalue weighted by Gasteiger charge is 2.17. The first-order valence-corrected chi connectivity index (χ1v) is 10.1. The highest BCUT2D eigenvalue weighted by atomic mass is 35.5. The first kappa shape index (κ1) is 23.3. The molecule has 0 spiro atoms. The molecule has 2 heterocycles. The number of aryl methyl sites for hydroxylation is 1. The molecule has 0 saturated heterocycles. The van der Waals surface area contributed by atoms with E-state index in [1.165, 1.54) is 16.7 Å². The van der Waals surface area contributed by atoms with E-state index in [0.29, 0.717) is 16.3 Å². The predicted molar refractivity (Wildman–Crippen MR) is 105 cm³/mol.